The molecule has 4 aromatic rings. The first-order chi connectivity index (χ1) is 15.2. The Morgan fingerprint density at radius 2 is 1.84 bits per heavy atom. The molecule has 6 nitrogen and oxygen atoms in total. The fourth-order valence-electron chi connectivity index (χ4n) is 3.69. The third kappa shape index (κ3) is 4.09. The van der Waals surface area contributed by atoms with Crippen molar-refractivity contribution in [3.8, 4) is 16.3 Å². The lowest BCUT2D eigenvalue weighted by Gasteiger charge is -2.13. The van der Waals surface area contributed by atoms with E-state index in [9.17, 15) is 9.59 Å². The molecule has 0 saturated carbocycles. The van der Waals surface area contributed by atoms with Gasteiger partial charge >= 0.3 is 0 Å². The zero-order chi connectivity index (χ0) is 21.2. The Morgan fingerprint density at radius 3 is 2.61 bits per heavy atom. The third-order valence-electron chi connectivity index (χ3n) is 5.39. The maximum absolute atomic E-state index is 12.5. The van der Waals surface area contributed by atoms with Crippen LogP contribution in [0.4, 0.5) is 0 Å². The molecule has 1 fully saturated rings. The molecule has 156 valence electrons. The number of para-hydroxylation sites is 1. The van der Waals surface area contributed by atoms with E-state index < -0.39 is 0 Å². The highest BCUT2D eigenvalue weighted by atomic mass is 32.1. The molecule has 0 spiro atoms. The zero-order valence-electron chi connectivity index (χ0n) is 16.8. The molecule has 1 aliphatic heterocycles. The van der Waals surface area contributed by atoms with Gasteiger partial charge in [0.1, 0.15) is 16.5 Å². The van der Waals surface area contributed by atoms with Crippen molar-refractivity contribution in [2.45, 2.75) is 12.8 Å². The Bertz CT molecular complexity index is 1200. The molecule has 0 atom stereocenters. The summed E-state index contributed by atoms with van der Waals surface area (Å²) in [6, 6.07) is 17.2. The molecule has 5 rings (SSSR count). The minimum atomic E-state index is -0.174. The van der Waals surface area contributed by atoms with E-state index in [2.05, 4.69) is 16.0 Å². The predicted molar refractivity (Wildman–Crippen MR) is 121 cm³/mol. The van der Waals surface area contributed by atoms with Gasteiger partial charge in [-0.2, -0.15) is 0 Å². The number of benzene rings is 2. The highest BCUT2D eigenvalue weighted by molar-refractivity contribution is 7.21. The maximum atomic E-state index is 12.5. The molecule has 1 saturated heterocycles. The van der Waals surface area contributed by atoms with Crippen LogP contribution in [0.3, 0.4) is 0 Å². The number of aromatic nitrogens is 2. The number of Topliss-reactive ketones (excluding diaryl/α,β-unsaturated/α-hetero) is 1. The molecule has 1 aliphatic rings. The molecule has 2 aromatic heterocycles. The van der Waals surface area contributed by atoms with E-state index in [-0.39, 0.29) is 18.3 Å². The van der Waals surface area contributed by atoms with Crippen LogP contribution in [0, 0.1) is 0 Å². The number of carbonyl (C=O) groups excluding carboxylic acids is 2. The summed E-state index contributed by atoms with van der Waals surface area (Å²) in [5.74, 6) is 0.386. The molecular formula is C24H21N3O3S. The summed E-state index contributed by atoms with van der Waals surface area (Å²) in [7, 11) is 0. The van der Waals surface area contributed by atoms with Crippen molar-refractivity contribution in [1.82, 2.24) is 14.9 Å². The van der Waals surface area contributed by atoms with Crippen LogP contribution in [0.2, 0.25) is 0 Å². The van der Waals surface area contributed by atoms with Crippen molar-refractivity contribution < 1.29 is 14.3 Å². The summed E-state index contributed by atoms with van der Waals surface area (Å²) in [4.78, 5) is 34.3. The molecule has 2 aromatic carbocycles. The first-order valence-corrected chi connectivity index (χ1v) is 11.1. The van der Waals surface area contributed by atoms with Crippen molar-refractivity contribution in [1.29, 1.82) is 0 Å². The standard InChI is InChI=1S/C24H21N3O3S/c28-21(17-13-20(25-14-17)24(29)27-11-3-4-12-27)15-30-18-9-7-16(8-10-18)23-26-19-5-1-2-6-22(19)31-23/h1-2,5-10,13-14,25H,3-4,11-12,15H2. The number of hydrogen-bond donors (Lipinski definition) is 1. The van der Waals surface area contributed by atoms with Gasteiger partial charge in [0.15, 0.2) is 6.61 Å². The van der Waals surface area contributed by atoms with Crippen molar-refractivity contribution in [3.05, 3.63) is 72.1 Å². The van der Waals surface area contributed by atoms with Gasteiger partial charge < -0.3 is 14.6 Å². The van der Waals surface area contributed by atoms with Crippen molar-refractivity contribution in [2.75, 3.05) is 19.7 Å². The van der Waals surface area contributed by atoms with Crippen LogP contribution in [-0.4, -0.2) is 46.3 Å². The number of likely N-dealkylation sites (tertiary alicyclic amines) is 1. The number of nitrogens with zero attached hydrogens (tertiary/aromatic N) is 2. The molecule has 0 aliphatic carbocycles. The summed E-state index contributed by atoms with van der Waals surface area (Å²) in [5.41, 5.74) is 2.90. The smallest absolute Gasteiger partial charge is 0.270 e. The van der Waals surface area contributed by atoms with E-state index in [4.69, 9.17) is 4.74 Å². The molecule has 0 unspecified atom stereocenters. The number of H-pyrrole nitrogens is 1. The summed E-state index contributed by atoms with van der Waals surface area (Å²) in [6.45, 7) is 1.46. The number of amides is 1. The first kappa shape index (κ1) is 19.5. The Kier molecular flexibility index (Phi) is 5.26. The van der Waals surface area contributed by atoms with Gasteiger partial charge in [0.05, 0.1) is 10.2 Å². The minimum Gasteiger partial charge on any atom is -0.485 e. The monoisotopic (exact) mass is 431 g/mol. The van der Waals surface area contributed by atoms with E-state index in [1.54, 1.807) is 23.6 Å². The van der Waals surface area contributed by atoms with Crippen LogP contribution in [0.5, 0.6) is 5.75 Å². The molecule has 3 heterocycles. The fraction of sp³-hybridized carbons (Fsp3) is 0.208. The van der Waals surface area contributed by atoms with Crippen LogP contribution in [0.15, 0.2) is 60.8 Å². The number of ether oxygens (including phenoxy) is 1. The number of hydrogen-bond acceptors (Lipinski definition) is 5. The quantitative estimate of drug-likeness (QED) is 0.446. The second-order valence-corrected chi connectivity index (χ2v) is 8.55. The summed E-state index contributed by atoms with van der Waals surface area (Å²) in [5, 5.41) is 0.950. The number of carbonyl (C=O) groups is 2. The van der Waals surface area contributed by atoms with Crippen LogP contribution >= 0.6 is 11.3 Å². The van der Waals surface area contributed by atoms with E-state index in [0.29, 0.717) is 17.0 Å². The van der Waals surface area contributed by atoms with E-state index in [1.165, 1.54) is 0 Å². The highest BCUT2D eigenvalue weighted by Gasteiger charge is 2.21. The molecule has 0 radical (unpaired) electrons. The Labute approximate surface area is 183 Å². The number of aromatic amines is 1. The van der Waals surface area contributed by atoms with Gasteiger partial charge in [-0.15, -0.1) is 11.3 Å². The fourth-order valence-corrected chi connectivity index (χ4v) is 4.66. The van der Waals surface area contributed by atoms with Gasteiger partial charge in [-0.3, -0.25) is 9.59 Å². The van der Waals surface area contributed by atoms with Crippen LogP contribution in [0.25, 0.3) is 20.8 Å². The molecule has 7 heteroatoms. The largest absolute Gasteiger partial charge is 0.485 e. The average molecular weight is 432 g/mol. The van der Waals surface area contributed by atoms with E-state index in [0.717, 1.165) is 46.7 Å². The molecule has 1 N–H and O–H groups in total. The zero-order valence-corrected chi connectivity index (χ0v) is 17.7. The van der Waals surface area contributed by atoms with Crippen LogP contribution in [0.1, 0.15) is 33.7 Å². The summed E-state index contributed by atoms with van der Waals surface area (Å²) < 4.78 is 6.82. The lowest BCUT2D eigenvalue weighted by atomic mass is 10.2. The normalized spacial score (nSPS) is 13.6. The van der Waals surface area contributed by atoms with Gasteiger partial charge in [0.2, 0.25) is 5.78 Å². The highest BCUT2D eigenvalue weighted by Crippen LogP contribution is 2.30. The average Bonchev–Trinajstić information content (AvgIpc) is 3.57. The number of fused-ring (bicyclic) bond motifs is 1. The lowest BCUT2D eigenvalue weighted by molar-refractivity contribution is 0.0787. The number of rotatable bonds is 6. The Balaban J connectivity index is 1.21. The van der Waals surface area contributed by atoms with Crippen molar-refractivity contribution >= 4 is 33.2 Å². The topological polar surface area (TPSA) is 75.3 Å². The van der Waals surface area contributed by atoms with Gasteiger partial charge in [-0.25, -0.2) is 4.98 Å². The molecule has 31 heavy (non-hydrogen) atoms. The Morgan fingerprint density at radius 1 is 1.06 bits per heavy atom. The SMILES string of the molecule is O=C(COc1ccc(-c2nc3ccccc3s2)cc1)c1c[nH]c(C(=O)N2CCCC2)c1. The number of nitrogens with one attached hydrogen (secondary N) is 1. The van der Waals surface area contributed by atoms with Crippen molar-refractivity contribution in [2.24, 2.45) is 0 Å². The number of ketones is 1. The molecule has 1 amide bonds. The van der Waals surface area contributed by atoms with Crippen LogP contribution in [-0.2, 0) is 0 Å². The summed E-state index contributed by atoms with van der Waals surface area (Å²) in [6.07, 6.45) is 3.64. The van der Waals surface area contributed by atoms with Crippen LogP contribution < -0.4 is 4.74 Å². The molecular weight excluding hydrogens is 410 g/mol. The third-order valence-corrected chi connectivity index (χ3v) is 6.48. The number of thiazole rings is 1. The van der Waals surface area contributed by atoms with Gasteiger partial charge in [-0.05, 0) is 55.3 Å². The first-order valence-electron chi connectivity index (χ1n) is 10.3. The Hall–Kier alpha value is -3.45. The van der Waals surface area contributed by atoms with Crippen molar-refractivity contribution in [3.63, 3.8) is 0 Å². The second-order valence-electron chi connectivity index (χ2n) is 7.52. The van der Waals surface area contributed by atoms with Gasteiger partial charge in [0, 0.05) is 30.4 Å². The van der Waals surface area contributed by atoms with Gasteiger partial charge in [0.25, 0.3) is 5.91 Å². The summed E-state index contributed by atoms with van der Waals surface area (Å²) >= 11 is 1.64. The van der Waals surface area contributed by atoms with E-state index >= 15 is 0 Å². The van der Waals surface area contributed by atoms with Gasteiger partial charge in [-0.1, -0.05) is 12.1 Å². The second kappa shape index (κ2) is 8.35. The maximum Gasteiger partial charge on any atom is 0.270 e. The minimum absolute atomic E-state index is 0.0529. The predicted octanol–water partition coefficient (Wildman–Crippen LogP) is 4.79. The molecule has 0 bridgehead atoms. The lowest BCUT2D eigenvalue weighted by Crippen LogP contribution is -2.27. The van der Waals surface area contributed by atoms with E-state index in [1.807, 2.05) is 47.4 Å².